The van der Waals surface area contributed by atoms with Crippen LogP contribution in [0.5, 0.6) is 0 Å². The van der Waals surface area contributed by atoms with Crippen molar-refractivity contribution in [2.24, 2.45) is 5.92 Å². The molecule has 5 nitrogen and oxygen atoms in total. The number of rotatable bonds is 7. The number of hydrogen-bond donors (Lipinski definition) is 2. The Morgan fingerprint density at radius 1 is 1.19 bits per heavy atom. The van der Waals surface area contributed by atoms with Gasteiger partial charge < -0.3 is 10.6 Å². The molecule has 0 atom stereocenters. The average Bonchev–Trinajstić information content (AvgIpc) is 2.54. The lowest BCUT2D eigenvalue weighted by Gasteiger charge is -2.21. The van der Waals surface area contributed by atoms with Crippen molar-refractivity contribution in [2.75, 3.05) is 18.4 Å². The second-order valence-corrected chi connectivity index (χ2v) is 5.76. The molecule has 0 radical (unpaired) electrons. The molecule has 1 aromatic rings. The summed E-state index contributed by atoms with van der Waals surface area (Å²) in [6, 6.07) is 0. The van der Waals surface area contributed by atoms with Gasteiger partial charge in [-0.25, -0.2) is 9.97 Å². The van der Waals surface area contributed by atoms with E-state index in [-0.39, 0.29) is 5.91 Å². The van der Waals surface area contributed by atoms with Crippen LogP contribution in [-0.4, -0.2) is 29.0 Å². The van der Waals surface area contributed by atoms with E-state index in [0.29, 0.717) is 5.69 Å². The first kappa shape index (κ1) is 15.7. The van der Waals surface area contributed by atoms with E-state index in [1.165, 1.54) is 38.3 Å². The molecule has 5 heteroatoms. The zero-order chi connectivity index (χ0) is 14.9. The van der Waals surface area contributed by atoms with Crippen molar-refractivity contribution in [1.29, 1.82) is 0 Å². The molecule has 21 heavy (non-hydrogen) atoms. The third-order valence-electron chi connectivity index (χ3n) is 4.00. The van der Waals surface area contributed by atoms with E-state index in [0.717, 1.165) is 37.7 Å². The van der Waals surface area contributed by atoms with Crippen LogP contribution in [0, 0.1) is 5.92 Å². The monoisotopic (exact) mass is 290 g/mol. The van der Waals surface area contributed by atoms with Crippen molar-refractivity contribution >= 4 is 11.7 Å². The Labute approximate surface area is 127 Å². The van der Waals surface area contributed by atoms with Gasteiger partial charge in [0.2, 0.25) is 0 Å². The minimum atomic E-state index is -0.125. The van der Waals surface area contributed by atoms with Gasteiger partial charge in [0.05, 0.1) is 12.4 Å². The normalized spacial score (nSPS) is 15.7. The van der Waals surface area contributed by atoms with Crippen molar-refractivity contribution in [3.63, 3.8) is 0 Å². The van der Waals surface area contributed by atoms with Crippen LogP contribution in [0.3, 0.4) is 0 Å². The van der Waals surface area contributed by atoms with E-state index < -0.39 is 0 Å². The highest BCUT2D eigenvalue weighted by atomic mass is 16.1. The van der Waals surface area contributed by atoms with Gasteiger partial charge in [0.1, 0.15) is 11.5 Å². The van der Waals surface area contributed by atoms with Crippen LogP contribution in [0.4, 0.5) is 5.82 Å². The van der Waals surface area contributed by atoms with E-state index in [9.17, 15) is 4.79 Å². The fourth-order valence-corrected chi connectivity index (χ4v) is 2.75. The molecule has 0 spiro atoms. The Hall–Kier alpha value is -1.65. The quantitative estimate of drug-likeness (QED) is 0.810. The van der Waals surface area contributed by atoms with Gasteiger partial charge in [0.15, 0.2) is 0 Å². The smallest absolute Gasteiger partial charge is 0.271 e. The molecule has 1 heterocycles. The molecule has 0 saturated heterocycles. The fourth-order valence-electron chi connectivity index (χ4n) is 2.75. The number of anilines is 1. The van der Waals surface area contributed by atoms with E-state index in [1.54, 1.807) is 6.20 Å². The van der Waals surface area contributed by atoms with Gasteiger partial charge >= 0.3 is 0 Å². The minimum absolute atomic E-state index is 0.125. The summed E-state index contributed by atoms with van der Waals surface area (Å²) in [6.07, 6.45) is 11.9. The molecule has 116 valence electrons. The molecule has 0 aromatic carbocycles. The maximum atomic E-state index is 12.0. The van der Waals surface area contributed by atoms with Crippen LogP contribution >= 0.6 is 0 Å². The topological polar surface area (TPSA) is 66.9 Å². The number of nitrogens with zero attached hydrogens (tertiary/aromatic N) is 2. The standard InChI is InChI=1S/C16H26N4O/c1-2-9-17-15-12-19-14(11-20-15)16(21)18-10-8-13-6-4-3-5-7-13/h11-13H,2-10H2,1H3,(H,17,20)(H,18,21). The highest BCUT2D eigenvalue weighted by Gasteiger charge is 2.14. The van der Waals surface area contributed by atoms with Crippen LogP contribution in [-0.2, 0) is 0 Å². The molecule has 0 unspecified atom stereocenters. The van der Waals surface area contributed by atoms with Crippen molar-refractivity contribution in [1.82, 2.24) is 15.3 Å². The predicted octanol–water partition coefficient (Wildman–Crippen LogP) is 3.00. The Morgan fingerprint density at radius 3 is 2.67 bits per heavy atom. The fraction of sp³-hybridized carbons (Fsp3) is 0.688. The number of nitrogens with one attached hydrogen (secondary N) is 2. The third kappa shape index (κ3) is 5.33. The lowest BCUT2D eigenvalue weighted by Crippen LogP contribution is -2.27. The summed E-state index contributed by atoms with van der Waals surface area (Å²) in [5.74, 6) is 1.38. The number of hydrogen-bond acceptors (Lipinski definition) is 4. The minimum Gasteiger partial charge on any atom is -0.369 e. The summed E-state index contributed by atoms with van der Waals surface area (Å²) < 4.78 is 0. The molecule has 1 amide bonds. The van der Waals surface area contributed by atoms with Crippen LogP contribution < -0.4 is 10.6 Å². The molecule has 1 saturated carbocycles. The van der Waals surface area contributed by atoms with Crippen molar-refractivity contribution in [2.45, 2.75) is 51.9 Å². The Balaban J connectivity index is 1.72. The molecule has 1 aliphatic rings. The first-order valence-electron chi connectivity index (χ1n) is 8.13. The van der Waals surface area contributed by atoms with Crippen molar-refractivity contribution in [3.8, 4) is 0 Å². The lowest BCUT2D eigenvalue weighted by molar-refractivity contribution is 0.0945. The number of carbonyl (C=O) groups is 1. The Bertz CT molecular complexity index is 426. The highest BCUT2D eigenvalue weighted by molar-refractivity contribution is 5.91. The third-order valence-corrected chi connectivity index (χ3v) is 4.00. The predicted molar refractivity (Wildman–Crippen MR) is 84.3 cm³/mol. The summed E-state index contributed by atoms with van der Waals surface area (Å²) in [5.41, 5.74) is 0.390. The molecular formula is C16H26N4O. The summed E-state index contributed by atoms with van der Waals surface area (Å²) in [5, 5.41) is 6.09. The largest absolute Gasteiger partial charge is 0.369 e. The van der Waals surface area contributed by atoms with Crippen LogP contribution in [0.1, 0.15) is 62.4 Å². The van der Waals surface area contributed by atoms with Crippen LogP contribution in [0.25, 0.3) is 0 Å². The van der Waals surface area contributed by atoms with E-state index >= 15 is 0 Å². The number of amides is 1. The summed E-state index contributed by atoms with van der Waals surface area (Å²) in [7, 11) is 0. The van der Waals surface area contributed by atoms with Gasteiger partial charge in [0, 0.05) is 13.1 Å². The van der Waals surface area contributed by atoms with Gasteiger partial charge in [0.25, 0.3) is 5.91 Å². The maximum Gasteiger partial charge on any atom is 0.271 e. The van der Waals surface area contributed by atoms with E-state index in [1.807, 2.05) is 0 Å². The number of aromatic nitrogens is 2. The molecule has 1 fully saturated rings. The summed E-state index contributed by atoms with van der Waals surface area (Å²) >= 11 is 0. The Kier molecular flexibility index (Phi) is 6.44. The summed E-state index contributed by atoms with van der Waals surface area (Å²) in [6.45, 7) is 3.69. The van der Waals surface area contributed by atoms with E-state index in [2.05, 4.69) is 27.5 Å². The van der Waals surface area contributed by atoms with Gasteiger partial charge in [-0.1, -0.05) is 39.0 Å². The zero-order valence-electron chi connectivity index (χ0n) is 12.9. The SMILES string of the molecule is CCCNc1cnc(C(=O)NCCC2CCCCC2)cn1. The molecular weight excluding hydrogens is 264 g/mol. The van der Waals surface area contributed by atoms with Gasteiger partial charge in [-0.05, 0) is 18.8 Å². The average molecular weight is 290 g/mol. The van der Waals surface area contributed by atoms with E-state index in [4.69, 9.17) is 0 Å². The van der Waals surface area contributed by atoms with Gasteiger partial charge in [-0.15, -0.1) is 0 Å². The molecule has 2 rings (SSSR count). The molecule has 2 N–H and O–H groups in total. The lowest BCUT2D eigenvalue weighted by atomic mass is 9.87. The van der Waals surface area contributed by atoms with Crippen LogP contribution in [0.15, 0.2) is 12.4 Å². The first-order chi connectivity index (χ1) is 10.3. The Morgan fingerprint density at radius 2 is 2.00 bits per heavy atom. The highest BCUT2D eigenvalue weighted by Crippen LogP contribution is 2.25. The zero-order valence-corrected chi connectivity index (χ0v) is 12.9. The first-order valence-corrected chi connectivity index (χ1v) is 8.13. The number of carbonyl (C=O) groups excluding carboxylic acids is 1. The van der Waals surface area contributed by atoms with Crippen LogP contribution in [0.2, 0.25) is 0 Å². The second-order valence-electron chi connectivity index (χ2n) is 5.76. The van der Waals surface area contributed by atoms with Crippen molar-refractivity contribution < 1.29 is 4.79 Å². The van der Waals surface area contributed by atoms with Gasteiger partial charge in [-0.2, -0.15) is 0 Å². The molecule has 1 aromatic heterocycles. The second kappa shape index (κ2) is 8.60. The van der Waals surface area contributed by atoms with Gasteiger partial charge in [-0.3, -0.25) is 4.79 Å². The molecule has 0 aliphatic heterocycles. The van der Waals surface area contributed by atoms with Crippen molar-refractivity contribution in [3.05, 3.63) is 18.1 Å². The summed E-state index contributed by atoms with van der Waals surface area (Å²) in [4.78, 5) is 20.3. The molecule has 1 aliphatic carbocycles. The maximum absolute atomic E-state index is 12.0. The molecule has 0 bridgehead atoms.